The first-order valence-electron chi connectivity index (χ1n) is 9.35. The standard InChI is InChI=1S/C21H22FN3O5/c1-29-17-8-4-15(5-9-17)21(28)25-10-11-30-18(25)13-24-20(27)19(26)23-12-14-2-6-16(22)7-3-14/h2-9,18H,10-13H2,1H3,(H,23,26)(H,24,27)/t18-/m1/s1. The van der Waals surface area contributed by atoms with Gasteiger partial charge in [0.1, 0.15) is 17.8 Å². The summed E-state index contributed by atoms with van der Waals surface area (Å²) in [6.45, 7) is 0.778. The van der Waals surface area contributed by atoms with Gasteiger partial charge in [-0.3, -0.25) is 14.4 Å². The molecule has 1 fully saturated rings. The lowest BCUT2D eigenvalue weighted by Crippen LogP contribution is -2.47. The van der Waals surface area contributed by atoms with Gasteiger partial charge < -0.3 is 25.0 Å². The van der Waals surface area contributed by atoms with Crippen molar-refractivity contribution < 1.29 is 28.2 Å². The largest absolute Gasteiger partial charge is 0.497 e. The zero-order valence-corrected chi connectivity index (χ0v) is 16.4. The summed E-state index contributed by atoms with van der Waals surface area (Å²) in [5.74, 6) is -1.65. The summed E-state index contributed by atoms with van der Waals surface area (Å²) in [6.07, 6.45) is -0.673. The quantitative estimate of drug-likeness (QED) is 0.688. The number of hydrogen-bond acceptors (Lipinski definition) is 5. The van der Waals surface area contributed by atoms with Gasteiger partial charge in [0.25, 0.3) is 5.91 Å². The molecule has 0 radical (unpaired) electrons. The van der Waals surface area contributed by atoms with Gasteiger partial charge >= 0.3 is 11.8 Å². The molecule has 0 bridgehead atoms. The molecule has 0 aliphatic carbocycles. The van der Waals surface area contributed by atoms with E-state index in [9.17, 15) is 18.8 Å². The lowest BCUT2D eigenvalue weighted by Gasteiger charge is -2.23. The van der Waals surface area contributed by atoms with E-state index in [0.29, 0.717) is 30.0 Å². The maximum atomic E-state index is 12.9. The highest BCUT2D eigenvalue weighted by atomic mass is 19.1. The zero-order chi connectivity index (χ0) is 21.5. The Kier molecular flexibility index (Phi) is 6.97. The number of benzene rings is 2. The van der Waals surface area contributed by atoms with Crippen molar-refractivity contribution in [2.45, 2.75) is 12.8 Å². The smallest absolute Gasteiger partial charge is 0.309 e. The Labute approximate surface area is 173 Å². The molecule has 1 aliphatic heterocycles. The minimum atomic E-state index is -0.843. The van der Waals surface area contributed by atoms with Gasteiger partial charge in [0.2, 0.25) is 0 Å². The van der Waals surface area contributed by atoms with Crippen LogP contribution in [0.3, 0.4) is 0 Å². The number of carbonyl (C=O) groups is 3. The predicted molar refractivity (Wildman–Crippen MR) is 105 cm³/mol. The number of nitrogens with one attached hydrogen (secondary N) is 2. The SMILES string of the molecule is COc1ccc(C(=O)N2CCO[C@@H]2CNC(=O)C(=O)NCc2ccc(F)cc2)cc1. The van der Waals surface area contributed by atoms with E-state index in [1.54, 1.807) is 31.4 Å². The maximum Gasteiger partial charge on any atom is 0.309 e. The Morgan fingerprint density at radius 3 is 2.40 bits per heavy atom. The predicted octanol–water partition coefficient (Wildman–Crippen LogP) is 1.07. The van der Waals surface area contributed by atoms with Crippen molar-refractivity contribution in [2.24, 2.45) is 0 Å². The molecule has 9 heteroatoms. The number of halogens is 1. The van der Waals surface area contributed by atoms with Crippen molar-refractivity contribution in [1.82, 2.24) is 15.5 Å². The topological polar surface area (TPSA) is 97.0 Å². The second kappa shape index (κ2) is 9.84. The first kappa shape index (κ1) is 21.3. The molecular weight excluding hydrogens is 393 g/mol. The monoisotopic (exact) mass is 415 g/mol. The second-order valence-corrected chi connectivity index (χ2v) is 6.57. The molecule has 0 spiro atoms. The minimum Gasteiger partial charge on any atom is -0.497 e. The number of nitrogens with zero attached hydrogens (tertiary/aromatic N) is 1. The van der Waals surface area contributed by atoms with Crippen LogP contribution < -0.4 is 15.4 Å². The summed E-state index contributed by atoms with van der Waals surface area (Å²) in [5.41, 5.74) is 1.13. The van der Waals surface area contributed by atoms with Crippen molar-refractivity contribution in [1.29, 1.82) is 0 Å². The Balaban J connectivity index is 1.49. The molecule has 1 aliphatic rings. The summed E-state index contributed by atoms with van der Waals surface area (Å²) in [5, 5.41) is 4.93. The molecule has 1 saturated heterocycles. The van der Waals surface area contributed by atoms with Crippen LogP contribution in [0.25, 0.3) is 0 Å². The molecule has 0 saturated carbocycles. The number of amides is 3. The average Bonchev–Trinajstić information content (AvgIpc) is 3.25. The van der Waals surface area contributed by atoms with E-state index in [-0.39, 0.29) is 24.8 Å². The van der Waals surface area contributed by atoms with Crippen LogP contribution in [0, 0.1) is 5.82 Å². The highest BCUT2D eigenvalue weighted by Crippen LogP contribution is 2.17. The van der Waals surface area contributed by atoms with E-state index in [0.717, 1.165) is 0 Å². The van der Waals surface area contributed by atoms with Crippen molar-refractivity contribution in [2.75, 3.05) is 26.8 Å². The van der Waals surface area contributed by atoms with Crippen LogP contribution in [0.15, 0.2) is 48.5 Å². The van der Waals surface area contributed by atoms with Crippen LogP contribution in [0.2, 0.25) is 0 Å². The molecular formula is C21H22FN3O5. The number of ether oxygens (including phenoxy) is 2. The fourth-order valence-corrected chi connectivity index (χ4v) is 2.95. The molecule has 3 amide bonds. The van der Waals surface area contributed by atoms with E-state index < -0.39 is 18.0 Å². The van der Waals surface area contributed by atoms with Crippen molar-refractivity contribution in [3.8, 4) is 5.75 Å². The van der Waals surface area contributed by atoms with Crippen LogP contribution in [-0.2, 0) is 20.9 Å². The molecule has 0 aromatic heterocycles. The third kappa shape index (κ3) is 5.32. The van der Waals surface area contributed by atoms with E-state index in [1.807, 2.05) is 0 Å². The average molecular weight is 415 g/mol. The van der Waals surface area contributed by atoms with Crippen LogP contribution in [-0.4, -0.2) is 55.7 Å². The molecule has 158 valence electrons. The summed E-state index contributed by atoms with van der Waals surface area (Å²) in [7, 11) is 1.54. The Morgan fingerprint density at radius 2 is 1.73 bits per heavy atom. The second-order valence-electron chi connectivity index (χ2n) is 6.57. The minimum absolute atomic E-state index is 0.0231. The fourth-order valence-electron chi connectivity index (χ4n) is 2.95. The summed E-state index contributed by atoms with van der Waals surface area (Å²) in [6, 6.07) is 12.3. The van der Waals surface area contributed by atoms with E-state index in [2.05, 4.69) is 10.6 Å². The third-order valence-electron chi connectivity index (χ3n) is 4.60. The Hall–Kier alpha value is -3.46. The van der Waals surface area contributed by atoms with Gasteiger partial charge in [-0.15, -0.1) is 0 Å². The van der Waals surface area contributed by atoms with Crippen LogP contribution >= 0.6 is 0 Å². The van der Waals surface area contributed by atoms with Gasteiger partial charge in [0.15, 0.2) is 0 Å². The van der Waals surface area contributed by atoms with E-state index in [1.165, 1.54) is 29.2 Å². The normalized spacial score (nSPS) is 15.5. The molecule has 1 heterocycles. The molecule has 2 aromatic rings. The lowest BCUT2D eigenvalue weighted by molar-refractivity contribution is -0.139. The van der Waals surface area contributed by atoms with E-state index in [4.69, 9.17) is 9.47 Å². The molecule has 2 N–H and O–H groups in total. The van der Waals surface area contributed by atoms with Gasteiger partial charge in [0, 0.05) is 18.7 Å². The van der Waals surface area contributed by atoms with Gasteiger partial charge in [-0.25, -0.2) is 4.39 Å². The Morgan fingerprint density at radius 1 is 1.07 bits per heavy atom. The third-order valence-corrected chi connectivity index (χ3v) is 4.60. The molecule has 8 nitrogen and oxygen atoms in total. The fraction of sp³-hybridized carbons (Fsp3) is 0.286. The van der Waals surface area contributed by atoms with E-state index >= 15 is 0 Å². The molecule has 0 unspecified atom stereocenters. The number of hydrogen-bond donors (Lipinski definition) is 2. The molecule has 1 atom stereocenters. The summed E-state index contributed by atoms with van der Waals surface area (Å²) in [4.78, 5) is 38.2. The zero-order valence-electron chi connectivity index (χ0n) is 16.4. The van der Waals surface area contributed by atoms with Gasteiger partial charge in [-0.1, -0.05) is 12.1 Å². The lowest BCUT2D eigenvalue weighted by atomic mass is 10.2. The van der Waals surface area contributed by atoms with Crippen LogP contribution in [0.5, 0.6) is 5.75 Å². The molecule has 30 heavy (non-hydrogen) atoms. The number of methoxy groups -OCH3 is 1. The van der Waals surface area contributed by atoms with Crippen molar-refractivity contribution >= 4 is 17.7 Å². The highest BCUT2D eigenvalue weighted by Gasteiger charge is 2.31. The maximum absolute atomic E-state index is 12.9. The molecule has 2 aromatic carbocycles. The van der Waals surface area contributed by atoms with Gasteiger partial charge in [-0.2, -0.15) is 0 Å². The molecule has 3 rings (SSSR count). The number of carbonyl (C=O) groups excluding carboxylic acids is 3. The Bertz CT molecular complexity index is 902. The van der Waals surface area contributed by atoms with Crippen molar-refractivity contribution in [3.63, 3.8) is 0 Å². The van der Waals surface area contributed by atoms with Crippen molar-refractivity contribution in [3.05, 3.63) is 65.5 Å². The first-order valence-corrected chi connectivity index (χ1v) is 9.35. The summed E-state index contributed by atoms with van der Waals surface area (Å²) >= 11 is 0. The highest BCUT2D eigenvalue weighted by molar-refractivity contribution is 6.35. The van der Waals surface area contributed by atoms with Gasteiger partial charge in [0.05, 0.1) is 20.3 Å². The first-order chi connectivity index (χ1) is 14.5. The van der Waals surface area contributed by atoms with Crippen LogP contribution in [0.1, 0.15) is 15.9 Å². The van der Waals surface area contributed by atoms with Gasteiger partial charge in [-0.05, 0) is 42.0 Å². The number of rotatable bonds is 6. The summed E-state index contributed by atoms with van der Waals surface area (Å²) < 4.78 is 23.5. The van der Waals surface area contributed by atoms with Crippen LogP contribution in [0.4, 0.5) is 4.39 Å².